The number of sulfonamides is 2. The quantitative estimate of drug-likeness (QED) is 0.519. The van der Waals surface area contributed by atoms with Gasteiger partial charge in [-0.05, 0) is 45.2 Å². The van der Waals surface area contributed by atoms with E-state index in [0.717, 1.165) is 32.4 Å². The monoisotopic (exact) mass is 363 g/mol. The van der Waals surface area contributed by atoms with E-state index in [9.17, 15) is 16.8 Å². The van der Waals surface area contributed by atoms with Crippen LogP contribution in [0.15, 0.2) is 0 Å². The molecule has 0 aromatic carbocycles. The highest BCUT2D eigenvalue weighted by molar-refractivity contribution is 7.90. The Morgan fingerprint density at radius 2 is 1.76 bits per heavy atom. The number of halogens is 1. The van der Waals surface area contributed by atoms with Crippen LogP contribution in [0.1, 0.15) is 26.2 Å². The van der Waals surface area contributed by atoms with E-state index >= 15 is 0 Å². The summed E-state index contributed by atoms with van der Waals surface area (Å²) in [6, 6.07) is 0. The highest BCUT2D eigenvalue weighted by Crippen LogP contribution is 2.12. The van der Waals surface area contributed by atoms with Gasteiger partial charge < -0.3 is 5.32 Å². The Kier molecular flexibility index (Phi) is 9.99. The normalized spacial score (nSPS) is 20.0. The van der Waals surface area contributed by atoms with Crippen molar-refractivity contribution in [3.05, 3.63) is 0 Å². The van der Waals surface area contributed by atoms with Crippen molar-refractivity contribution < 1.29 is 16.8 Å². The molecule has 0 spiro atoms. The van der Waals surface area contributed by atoms with Crippen LogP contribution in [0.4, 0.5) is 0 Å². The minimum atomic E-state index is -3.41. The third-order valence-corrected chi connectivity index (χ3v) is 6.14. The van der Waals surface area contributed by atoms with Crippen molar-refractivity contribution in [2.75, 3.05) is 37.7 Å². The average Bonchev–Trinajstić information content (AvgIpc) is 2.39. The lowest BCUT2D eigenvalue weighted by Gasteiger charge is -2.22. The minimum absolute atomic E-state index is 0. The maximum Gasteiger partial charge on any atom is 0.212 e. The molecular formula is C11H26ClN3O4S2. The molecule has 1 unspecified atom stereocenters. The highest BCUT2D eigenvalue weighted by Gasteiger charge is 2.15. The van der Waals surface area contributed by atoms with Crippen LogP contribution >= 0.6 is 12.4 Å². The van der Waals surface area contributed by atoms with Gasteiger partial charge in [0.1, 0.15) is 0 Å². The molecule has 7 nitrogen and oxygen atoms in total. The number of hydrogen-bond acceptors (Lipinski definition) is 5. The lowest BCUT2D eigenvalue weighted by atomic mass is 9.96. The van der Waals surface area contributed by atoms with Crippen molar-refractivity contribution in [1.82, 2.24) is 14.8 Å². The molecule has 0 saturated carbocycles. The van der Waals surface area contributed by atoms with Crippen LogP contribution in [-0.2, 0) is 20.0 Å². The van der Waals surface area contributed by atoms with Crippen LogP contribution in [0.2, 0.25) is 0 Å². The molecule has 1 aliphatic rings. The van der Waals surface area contributed by atoms with Crippen molar-refractivity contribution in [2.45, 2.75) is 26.2 Å². The van der Waals surface area contributed by atoms with Gasteiger partial charge in [-0.25, -0.2) is 26.3 Å². The molecule has 1 fully saturated rings. The third-order valence-electron chi connectivity index (χ3n) is 3.35. The van der Waals surface area contributed by atoms with Crippen LogP contribution < -0.4 is 14.8 Å². The Hall–Kier alpha value is 0.0700. The molecule has 0 radical (unpaired) electrons. The summed E-state index contributed by atoms with van der Waals surface area (Å²) in [6.45, 7) is 3.82. The summed E-state index contributed by atoms with van der Waals surface area (Å²) in [6.07, 6.45) is 3.08. The van der Waals surface area contributed by atoms with Crippen molar-refractivity contribution in [3.8, 4) is 0 Å². The van der Waals surface area contributed by atoms with Gasteiger partial charge in [-0.3, -0.25) is 0 Å². The Bertz CT molecular complexity index is 476. The summed E-state index contributed by atoms with van der Waals surface area (Å²) in [5.74, 6) is 0.245. The third kappa shape index (κ3) is 9.64. The fourth-order valence-electron chi connectivity index (χ4n) is 2.09. The average molecular weight is 364 g/mol. The van der Waals surface area contributed by atoms with Gasteiger partial charge in [-0.15, -0.1) is 12.4 Å². The first-order chi connectivity index (χ1) is 9.35. The smallest absolute Gasteiger partial charge is 0.212 e. The number of rotatable bonds is 9. The molecule has 3 N–H and O–H groups in total. The van der Waals surface area contributed by atoms with Crippen molar-refractivity contribution in [2.24, 2.45) is 5.92 Å². The maximum absolute atomic E-state index is 11.7. The number of hydrogen-bond donors (Lipinski definition) is 3. The second-order valence-electron chi connectivity index (χ2n) is 5.01. The Labute approximate surface area is 134 Å². The van der Waals surface area contributed by atoms with Gasteiger partial charge in [0.15, 0.2) is 0 Å². The standard InChI is InChI=1S/C11H25N3O4S2.ClH/c1-2-19(15,16)14-8-9-20(17,18)13-7-5-11-4-3-6-12-10-11;/h11-14H,2-10H2,1H3;1H. The largest absolute Gasteiger partial charge is 0.316 e. The minimum Gasteiger partial charge on any atom is -0.316 e. The van der Waals surface area contributed by atoms with E-state index in [0.29, 0.717) is 12.5 Å². The molecule has 1 rings (SSSR count). The van der Waals surface area contributed by atoms with Gasteiger partial charge in [0.05, 0.1) is 11.5 Å². The van der Waals surface area contributed by atoms with Crippen LogP contribution in [-0.4, -0.2) is 54.5 Å². The Morgan fingerprint density at radius 1 is 1.10 bits per heavy atom. The van der Waals surface area contributed by atoms with Crippen molar-refractivity contribution in [1.29, 1.82) is 0 Å². The zero-order valence-corrected chi connectivity index (χ0v) is 14.7. The fourth-order valence-corrected chi connectivity index (χ4v) is 3.79. The first-order valence-electron chi connectivity index (χ1n) is 7.00. The Balaban J connectivity index is 0.00000400. The van der Waals surface area contributed by atoms with E-state index in [1.807, 2.05) is 0 Å². The van der Waals surface area contributed by atoms with Crippen molar-refractivity contribution in [3.63, 3.8) is 0 Å². The van der Waals surface area contributed by atoms with Crippen molar-refractivity contribution >= 4 is 32.5 Å². The second-order valence-corrected chi connectivity index (χ2v) is 9.03. The molecule has 0 aromatic heterocycles. The van der Waals surface area contributed by atoms with E-state index < -0.39 is 20.0 Å². The lowest BCUT2D eigenvalue weighted by molar-refractivity contribution is 0.358. The predicted octanol–water partition coefficient (Wildman–Crippen LogP) is -0.343. The summed E-state index contributed by atoms with van der Waals surface area (Å²) in [4.78, 5) is 0. The van der Waals surface area contributed by atoms with Gasteiger partial charge in [0.2, 0.25) is 20.0 Å². The van der Waals surface area contributed by atoms with Crippen LogP contribution in [0, 0.1) is 5.92 Å². The van der Waals surface area contributed by atoms with Crippen LogP contribution in [0.25, 0.3) is 0 Å². The molecule has 0 aromatic rings. The van der Waals surface area contributed by atoms with E-state index in [4.69, 9.17) is 0 Å². The van der Waals surface area contributed by atoms with Gasteiger partial charge in [-0.1, -0.05) is 0 Å². The second kappa shape index (κ2) is 9.96. The molecule has 0 bridgehead atoms. The van der Waals surface area contributed by atoms with Gasteiger partial charge in [-0.2, -0.15) is 0 Å². The van der Waals surface area contributed by atoms with Gasteiger partial charge in [0, 0.05) is 13.1 Å². The molecule has 0 amide bonds. The topological polar surface area (TPSA) is 104 Å². The number of nitrogens with one attached hydrogen (secondary N) is 3. The summed E-state index contributed by atoms with van der Waals surface area (Å²) >= 11 is 0. The molecule has 0 aliphatic carbocycles. The molecule has 1 aliphatic heterocycles. The molecule has 128 valence electrons. The zero-order valence-electron chi connectivity index (χ0n) is 12.3. The molecule has 1 atom stereocenters. The van der Waals surface area contributed by atoms with Crippen LogP contribution in [0.3, 0.4) is 0 Å². The van der Waals surface area contributed by atoms with Gasteiger partial charge in [0.25, 0.3) is 0 Å². The van der Waals surface area contributed by atoms with E-state index in [1.165, 1.54) is 6.92 Å². The predicted molar refractivity (Wildman–Crippen MR) is 86.7 cm³/mol. The summed E-state index contributed by atoms with van der Waals surface area (Å²) in [7, 11) is -6.74. The first-order valence-corrected chi connectivity index (χ1v) is 10.3. The van der Waals surface area contributed by atoms with E-state index in [1.54, 1.807) is 0 Å². The van der Waals surface area contributed by atoms with E-state index in [2.05, 4.69) is 14.8 Å². The molecule has 1 saturated heterocycles. The van der Waals surface area contributed by atoms with Gasteiger partial charge >= 0.3 is 0 Å². The van der Waals surface area contributed by atoms with Crippen LogP contribution in [0.5, 0.6) is 0 Å². The SMILES string of the molecule is CCS(=O)(=O)NCCS(=O)(=O)NCCC1CCCNC1.Cl. The highest BCUT2D eigenvalue weighted by atomic mass is 35.5. The number of piperidine rings is 1. The summed E-state index contributed by atoms with van der Waals surface area (Å²) in [5.41, 5.74) is 0. The Morgan fingerprint density at radius 3 is 2.33 bits per heavy atom. The zero-order chi connectivity index (χ0) is 15.1. The molecule has 10 heteroatoms. The van der Waals surface area contributed by atoms with E-state index in [-0.39, 0.29) is 30.5 Å². The molecule has 21 heavy (non-hydrogen) atoms. The summed E-state index contributed by atoms with van der Waals surface area (Å²) in [5, 5.41) is 3.29. The molecular weight excluding hydrogens is 338 g/mol. The molecule has 1 heterocycles. The fraction of sp³-hybridized carbons (Fsp3) is 1.00. The summed E-state index contributed by atoms with van der Waals surface area (Å²) < 4.78 is 50.5. The maximum atomic E-state index is 11.7. The lowest BCUT2D eigenvalue weighted by Crippen LogP contribution is -2.37. The first kappa shape index (κ1) is 21.1.